The highest BCUT2D eigenvalue weighted by Gasteiger charge is 2.17. The molecule has 4 heterocycles. The molecule has 3 N–H and O–H groups in total. The van der Waals surface area contributed by atoms with Gasteiger partial charge in [0.15, 0.2) is 0 Å². The molecule has 1 aliphatic rings. The van der Waals surface area contributed by atoms with Crippen LogP contribution in [0.25, 0.3) is 55.4 Å². The van der Waals surface area contributed by atoms with Crippen LogP contribution in [0.2, 0.25) is 0 Å². The smallest absolute Gasteiger partial charge is 0.124 e. The maximum atomic E-state index is 14.8. The predicted octanol–water partition coefficient (Wildman–Crippen LogP) is 7.75. The highest BCUT2D eigenvalue weighted by Crippen LogP contribution is 2.35. The molecule has 8 heteroatoms. The van der Waals surface area contributed by atoms with E-state index < -0.39 is 0 Å². The number of fused-ring (bicyclic) bond motifs is 2. The van der Waals surface area contributed by atoms with Gasteiger partial charge < -0.3 is 15.2 Å². The number of benzene rings is 2. The van der Waals surface area contributed by atoms with Crippen molar-refractivity contribution in [1.29, 1.82) is 0 Å². The Bertz CT molecular complexity index is 1930. The van der Waals surface area contributed by atoms with Crippen molar-refractivity contribution in [3.05, 3.63) is 90.3 Å². The van der Waals surface area contributed by atoms with E-state index in [1.54, 1.807) is 12.1 Å². The maximum absolute atomic E-state index is 14.8. The molecule has 1 fully saturated rings. The van der Waals surface area contributed by atoms with Crippen LogP contribution < -0.4 is 5.32 Å². The van der Waals surface area contributed by atoms with Gasteiger partial charge in [0.25, 0.3) is 0 Å². The molecule has 7 nitrogen and oxygen atoms in total. The van der Waals surface area contributed by atoms with E-state index in [0.29, 0.717) is 0 Å². The summed E-state index contributed by atoms with van der Waals surface area (Å²) in [6, 6.07) is 16.0. The molecule has 0 spiro atoms. The Hall–Kier alpha value is -4.40. The van der Waals surface area contributed by atoms with E-state index in [0.717, 1.165) is 99.4 Å². The van der Waals surface area contributed by atoms with Crippen molar-refractivity contribution in [2.24, 2.45) is 5.92 Å². The van der Waals surface area contributed by atoms with Crippen LogP contribution in [-0.4, -0.2) is 57.2 Å². The second kappa shape index (κ2) is 12.9. The zero-order chi connectivity index (χ0) is 30.8. The minimum Gasteiger partial charge on any atom is -0.352 e. The third kappa shape index (κ3) is 6.53. The van der Waals surface area contributed by atoms with Crippen LogP contribution in [0.3, 0.4) is 0 Å². The number of aromatic nitrogens is 5. The molecular weight excluding hydrogens is 561 g/mol. The lowest BCUT2D eigenvalue weighted by molar-refractivity contribution is 0.400. The zero-order valence-corrected chi connectivity index (χ0v) is 26.0. The highest BCUT2D eigenvalue weighted by molar-refractivity contribution is 6.01. The summed E-state index contributed by atoms with van der Waals surface area (Å²) in [6.07, 6.45) is 14.7. The third-order valence-electron chi connectivity index (χ3n) is 9.07. The average molecular weight is 602 g/mol. The highest BCUT2D eigenvalue weighted by atomic mass is 19.1. The summed E-state index contributed by atoms with van der Waals surface area (Å²) >= 11 is 0. The molecule has 0 aliphatic heterocycles. The van der Waals surface area contributed by atoms with Crippen molar-refractivity contribution in [1.82, 2.24) is 35.4 Å². The SMILES string of the molecule is CN(C)CCCc1cc(F)cc(-c2cncc3[nH]c(-c4n[nH]c5ccc(-c6cncc(CNCC7CCCC7)c6)cc45)cc23)c1. The normalized spacial score (nSPS) is 14.0. The minimum atomic E-state index is -0.228. The summed E-state index contributed by atoms with van der Waals surface area (Å²) < 4.78 is 14.8. The summed E-state index contributed by atoms with van der Waals surface area (Å²) in [7, 11) is 4.11. The van der Waals surface area contributed by atoms with E-state index >= 15 is 0 Å². The summed E-state index contributed by atoms with van der Waals surface area (Å²) in [5.41, 5.74) is 9.64. The van der Waals surface area contributed by atoms with Crippen LogP contribution in [-0.2, 0) is 13.0 Å². The lowest BCUT2D eigenvalue weighted by Crippen LogP contribution is -2.20. The van der Waals surface area contributed by atoms with Gasteiger partial charge in [0, 0.05) is 47.0 Å². The first-order chi connectivity index (χ1) is 22.0. The van der Waals surface area contributed by atoms with E-state index in [1.165, 1.54) is 31.2 Å². The van der Waals surface area contributed by atoms with E-state index in [9.17, 15) is 4.39 Å². The molecule has 4 aromatic heterocycles. The van der Waals surface area contributed by atoms with Crippen LogP contribution in [0, 0.1) is 11.7 Å². The van der Waals surface area contributed by atoms with Gasteiger partial charge in [-0.15, -0.1) is 0 Å². The number of nitrogens with one attached hydrogen (secondary N) is 3. The first-order valence-electron chi connectivity index (χ1n) is 16.0. The van der Waals surface area contributed by atoms with Gasteiger partial charge in [0.05, 0.1) is 22.9 Å². The third-order valence-corrected chi connectivity index (χ3v) is 9.07. The quantitative estimate of drug-likeness (QED) is 0.141. The summed E-state index contributed by atoms with van der Waals surface area (Å²) in [4.78, 5) is 14.7. The Labute approximate surface area is 263 Å². The lowest BCUT2D eigenvalue weighted by atomic mass is 9.99. The Morgan fingerprint density at radius 1 is 0.844 bits per heavy atom. The predicted molar refractivity (Wildman–Crippen MR) is 180 cm³/mol. The zero-order valence-electron chi connectivity index (χ0n) is 26.0. The number of pyridine rings is 2. The van der Waals surface area contributed by atoms with Crippen LogP contribution >= 0.6 is 0 Å². The van der Waals surface area contributed by atoms with Crippen LogP contribution in [0.4, 0.5) is 4.39 Å². The first-order valence-corrected chi connectivity index (χ1v) is 16.0. The van der Waals surface area contributed by atoms with Crippen LogP contribution in [0.5, 0.6) is 0 Å². The molecule has 0 amide bonds. The Balaban J connectivity index is 1.17. The molecule has 230 valence electrons. The molecule has 1 saturated carbocycles. The largest absolute Gasteiger partial charge is 0.352 e. The van der Waals surface area contributed by atoms with Gasteiger partial charge in [-0.2, -0.15) is 5.10 Å². The van der Waals surface area contributed by atoms with Gasteiger partial charge in [-0.3, -0.25) is 15.1 Å². The Morgan fingerprint density at radius 2 is 1.69 bits per heavy atom. The van der Waals surface area contributed by atoms with E-state index in [-0.39, 0.29) is 5.82 Å². The van der Waals surface area contributed by atoms with Gasteiger partial charge in [0.2, 0.25) is 0 Å². The van der Waals surface area contributed by atoms with Crippen molar-refractivity contribution >= 4 is 21.8 Å². The number of hydrogen-bond donors (Lipinski definition) is 3. The maximum Gasteiger partial charge on any atom is 0.124 e. The molecule has 6 aromatic rings. The second-order valence-corrected chi connectivity index (χ2v) is 12.8. The molecule has 2 aromatic carbocycles. The number of aryl methyl sites for hydroxylation is 1. The van der Waals surface area contributed by atoms with Crippen LogP contribution in [0.1, 0.15) is 43.2 Å². The van der Waals surface area contributed by atoms with Crippen molar-refractivity contribution in [3.63, 3.8) is 0 Å². The molecule has 0 bridgehead atoms. The number of aromatic amines is 2. The molecule has 0 saturated heterocycles. The van der Waals surface area contributed by atoms with Crippen molar-refractivity contribution in [2.75, 3.05) is 27.2 Å². The number of halogens is 1. The van der Waals surface area contributed by atoms with E-state index in [2.05, 4.69) is 80.8 Å². The molecule has 7 rings (SSSR count). The Morgan fingerprint density at radius 3 is 2.56 bits per heavy atom. The van der Waals surface area contributed by atoms with Gasteiger partial charge in [-0.05, 0) is 117 Å². The second-order valence-electron chi connectivity index (χ2n) is 12.8. The van der Waals surface area contributed by atoms with Gasteiger partial charge in [0.1, 0.15) is 11.5 Å². The number of hydrogen-bond acceptors (Lipinski definition) is 5. The first kappa shape index (κ1) is 29.3. The van der Waals surface area contributed by atoms with Crippen molar-refractivity contribution in [3.8, 4) is 33.6 Å². The number of H-pyrrole nitrogens is 2. The molecule has 0 unspecified atom stereocenters. The summed E-state index contributed by atoms with van der Waals surface area (Å²) in [5.74, 6) is 0.582. The summed E-state index contributed by atoms with van der Waals surface area (Å²) in [6.45, 7) is 2.86. The monoisotopic (exact) mass is 601 g/mol. The molecule has 0 atom stereocenters. The van der Waals surface area contributed by atoms with Gasteiger partial charge >= 0.3 is 0 Å². The molecule has 45 heavy (non-hydrogen) atoms. The van der Waals surface area contributed by atoms with Gasteiger partial charge in [-0.25, -0.2) is 4.39 Å². The molecule has 1 aliphatic carbocycles. The fraction of sp³-hybridized carbons (Fsp3) is 0.324. The minimum absolute atomic E-state index is 0.228. The lowest BCUT2D eigenvalue weighted by Gasteiger charge is -2.11. The standard InChI is InChI=1S/C37H40FN7/c1-45(2)11-5-8-25-12-28(15-30(38)14-25)33-22-41-23-36-31(33)17-35(42-36)37-32-16-27(9-10-34(32)43-44-37)29-13-26(20-40-21-29)19-39-18-24-6-3-4-7-24/h9-10,12-17,20-24,39,42H,3-8,11,18-19H2,1-2H3,(H,43,44). The topological polar surface area (TPSA) is 85.5 Å². The molecular formula is C37H40FN7. The van der Waals surface area contributed by atoms with Crippen molar-refractivity contribution in [2.45, 2.75) is 45.1 Å². The molecule has 0 radical (unpaired) electrons. The van der Waals surface area contributed by atoms with Gasteiger partial charge in [-0.1, -0.05) is 25.0 Å². The van der Waals surface area contributed by atoms with Crippen LogP contribution in [0.15, 0.2) is 73.3 Å². The van der Waals surface area contributed by atoms with E-state index in [4.69, 9.17) is 5.10 Å². The van der Waals surface area contributed by atoms with Crippen molar-refractivity contribution < 1.29 is 4.39 Å². The number of nitrogens with zero attached hydrogens (tertiary/aromatic N) is 4. The van der Waals surface area contributed by atoms with E-state index in [1.807, 2.05) is 24.8 Å². The fourth-order valence-corrected chi connectivity index (χ4v) is 6.73. The Kier molecular flexibility index (Phi) is 8.41. The summed E-state index contributed by atoms with van der Waals surface area (Å²) in [5, 5.41) is 13.5. The number of rotatable bonds is 11. The average Bonchev–Trinajstić information content (AvgIpc) is 3.80. The fourth-order valence-electron chi connectivity index (χ4n) is 6.73.